The molecule has 1 aromatic heterocycles. The molecule has 1 rings (SSSR count). The molecule has 19 heavy (non-hydrogen) atoms. The van der Waals surface area contributed by atoms with Crippen LogP contribution >= 0.6 is 11.6 Å². The molecule has 0 saturated heterocycles. The minimum absolute atomic E-state index is 0.306. The molecule has 0 N–H and O–H groups in total. The second-order valence-electron chi connectivity index (χ2n) is 3.65. The lowest BCUT2D eigenvalue weighted by atomic mass is 10.3. The van der Waals surface area contributed by atoms with E-state index in [9.17, 15) is 0 Å². The molecular formula is C14H18ClNO3. The SMILES string of the molecule is COCCCOCCOc1cncc(C#CCCl)c1. The fourth-order valence-electron chi connectivity index (χ4n) is 1.33. The summed E-state index contributed by atoms with van der Waals surface area (Å²) in [5, 5.41) is 0. The molecule has 0 fully saturated rings. The van der Waals surface area contributed by atoms with Gasteiger partial charge in [-0.05, 0) is 12.5 Å². The average Bonchev–Trinajstić information content (AvgIpc) is 2.44. The Morgan fingerprint density at radius 1 is 1.21 bits per heavy atom. The average molecular weight is 284 g/mol. The van der Waals surface area contributed by atoms with Crippen LogP contribution < -0.4 is 4.74 Å². The van der Waals surface area contributed by atoms with Crippen molar-refractivity contribution in [2.24, 2.45) is 0 Å². The fourth-order valence-corrected chi connectivity index (χ4v) is 1.39. The maximum absolute atomic E-state index is 5.51. The standard InChI is InChI=1S/C14H18ClNO3/c1-17-6-3-7-18-8-9-19-14-10-13(4-2-5-15)11-16-12-14/h10-12H,3,5-9H2,1H3. The Labute approximate surface area is 119 Å². The zero-order valence-corrected chi connectivity index (χ0v) is 11.8. The predicted octanol–water partition coefficient (Wildman–Crippen LogP) is 2.10. The van der Waals surface area contributed by atoms with Gasteiger partial charge in [-0.15, -0.1) is 11.6 Å². The Morgan fingerprint density at radius 3 is 2.89 bits per heavy atom. The summed E-state index contributed by atoms with van der Waals surface area (Å²) in [5.74, 6) is 6.65. The summed E-state index contributed by atoms with van der Waals surface area (Å²) >= 11 is 5.50. The van der Waals surface area contributed by atoms with E-state index in [-0.39, 0.29) is 0 Å². The number of alkyl halides is 1. The summed E-state index contributed by atoms with van der Waals surface area (Å²) in [6, 6.07) is 1.83. The van der Waals surface area contributed by atoms with E-state index in [1.165, 1.54) is 0 Å². The first-order chi connectivity index (χ1) is 9.36. The Kier molecular flexibility index (Phi) is 8.82. The topological polar surface area (TPSA) is 40.6 Å². The number of nitrogens with zero attached hydrogens (tertiary/aromatic N) is 1. The number of aromatic nitrogens is 1. The van der Waals surface area contributed by atoms with Crippen LogP contribution in [0.2, 0.25) is 0 Å². The van der Waals surface area contributed by atoms with Crippen molar-refractivity contribution < 1.29 is 14.2 Å². The van der Waals surface area contributed by atoms with Gasteiger partial charge >= 0.3 is 0 Å². The maximum Gasteiger partial charge on any atom is 0.138 e. The van der Waals surface area contributed by atoms with Crippen molar-refractivity contribution in [3.05, 3.63) is 24.0 Å². The van der Waals surface area contributed by atoms with Gasteiger partial charge in [0.25, 0.3) is 0 Å². The lowest BCUT2D eigenvalue weighted by Crippen LogP contribution is -2.08. The number of rotatable bonds is 8. The van der Waals surface area contributed by atoms with Crippen LogP contribution in [0.15, 0.2) is 18.5 Å². The molecule has 0 bridgehead atoms. The van der Waals surface area contributed by atoms with E-state index in [2.05, 4.69) is 16.8 Å². The molecule has 0 unspecified atom stereocenters. The van der Waals surface area contributed by atoms with Crippen molar-refractivity contribution in [2.45, 2.75) is 6.42 Å². The number of pyridine rings is 1. The first-order valence-electron chi connectivity index (χ1n) is 6.06. The molecule has 0 atom stereocenters. The van der Waals surface area contributed by atoms with E-state index in [1.807, 2.05) is 6.07 Å². The smallest absolute Gasteiger partial charge is 0.138 e. The quantitative estimate of drug-likeness (QED) is 0.416. The van der Waals surface area contributed by atoms with Crippen LogP contribution in [0.1, 0.15) is 12.0 Å². The highest BCUT2D eigenvalue weighted by Crippen LogP contribution is 2.10. The van der Waals surface area contributed by atoms with E-state index >= 15 is 0 Å². The minimum atomic E-state index is 0.306. The van der Waals surface area contributed by atoms with Crippen LogP contribution in [0.5, 0.6) is 5.75 Å². The molecule has 5 heteroatoms. The second-order valence-corrected chi connectivity index (χ2v) is 3.92. The van der Waals surface area contributed by atoms with Crippen molar-refractivity contribution in [1.29, 1.82) is 0 Å². The van der Waals surface area contributed by atoms with Crippen molar-refractivity contribution in [3.63, 3.8) is 0 Å². The molecule has 0 radical (unpaired) electrons. The van der Waals surface area contributed by atoms with Gasteiger partial charge in [0.15, 0.2) is 0 Å². The normalized spacial score (nSPS) is 9.79. The lowest BCUT2D eigenvalue weighted by molar-refractivity contribution is 0.0805. The first-order valence-corrected chi connectivity index (χ1v) is 6.59. The van der Waals surface area contributed by atoms with E-state index in [0.717, 1.165) is 12.0 Å². The van der Waals surface area contributed by atoms with Crippen LogP contribution in [0.3, 0.4) is 0 Å². The molecule has 4 nitrogen and oxygen atoms in total. The van der Waals surface area contributed by atoms with Crippen molar-refractivity contribution in [2.75, 3.05) is 39.4 Å². The summed E-state index contributed by atoms with van der Waals surface area (Å²) < 4.78 is 15.8. The lowest BCUT2D eigenvalue weighted by Gasteiger charge is -2.06. The molecule has 1 aromatic rings. The summed E-state index contributed by atoms with van der Waals surface area (Å²) in [6.45, 7) is 2.42. The van der Waals surface area contributed by atoms with Crippen LogP contribution in [0, 0.1) is 11.8 Å². The van der Waals surface area contributed by atoms with E-state index in [0.29, 0.717) is 38.1 Å². The van der Waals surface area contributed by atoms with Gasteiger partial charge in [-0.25, -0.2) is 0 Å². The predicted molar refractivity (Wildman–Crippen MR) is 74.6 cm³/mol. The monoisotopic (exact) mass is 283 g/mol. The molecule has 0 amide bonds. The van der Waals surface area contributed by atoms with Gasteiger partial charge in [0, 0.05) is 32.1 Å². The molecule has 0 spiro atoms. The molecule has 104 valence electrons. The van der Waals surface area contributed by atoms with Crippen LogP contribution in [-0.2, 0) is 9.47 Å². The van der Waals surface area contributed by atoms with Gasteiger partial charge in [-0.3, -0.25) is 4.98 Å². The van der Waals surface area contributed by atoms with Crippen LogP contribution in [0.25, 0.3) is 0 Å². The third-order valence-corrected chi connectivity index (χ3v) is 2.28. The summed E-state index contributed by atoms with van der Waals surface area (Å²) in [5.41, 5.74) is 0.791. The van der Waals surface area contributed by atoms with Gasteiger partial charge < -0.3 is 14.2 Å². The second kappa shape index (κ2) is 10.6. The highest BCUT2D eigenvalue weighted by molar-refractivity contribution is 6.19. The number of halogens is 1. The molecule has 0 saturated carbocycles. The Balaban J connectivity index is 2.22. The van der Waals surface area contributed by atoms with E-state index in [4.69, 9.17) is 25.8 Å². The molecule has 0 aromatic carbocycles. The minimum Gasteiger partial charge on any atom is -0.490 e. The van der Waals surface area contributed by atoms with Gasteiger partial charge in [0.1, 0.15) is 12.4 Å². The zero-order chi connectivity index (χ0) is 13.8. The maximum atomic E-state index is 5.51. The molecule has 1 heterocycles. The Hall–Kier alpha value is -1.28. The first kappa shape index (κ1) is 15.8. The molecule has 0 aliphatic rings. The van der Waals surface area contributed by atoms with E-state index < -0.39 is 0 Å². The summed E-state index contributed by atoms with van der Waals surface area (Å²) in [4.78, 5) is 4.05. The molecule has 0 aliphatic heterocycles. The number of ether oxygens (including phenoxy) is 3. The zero-order valence-electron chi connectivity index (χ0n) is 11.0. The van der Waals surface area contributed by atoms with Crippen molar-refractivity contribution in [3.8, 4) is 17.6 Å². The molecular weight excluding hydrogens is 266 g/mol. The largest absolute Gasteiger partial charge is 0.490 e. The van der Waals surface area contributed by atoms with Gasteiger partial charge in [0.2, 0.25) is 0 Å². The van der Waals surface area contributed by atoms with Crippen LogP contribution in [0.4, 0.5) is 0 Å². The van der Waals surface area contributed by atoms with E-state index in [1.54, 1.807) is 19.5 Å². The van der Waals surface area contributed by atoms with Crippen molar-refractivity contribution in [1.82, 2.24) is 4.98 Å². The third kappa shape index (κ3) is 7.68. The molecule has 0 aliphatic carbocycles. The number of hydrogen-bond acceptors (Lipinski definition) is 4. The fraction of sp³-hybridized carbons (Fsp3) is 0.500. The Bertz CT molecular complexity index is 415. The summed E-state index contributed by atoms with van der Waals surface area (Å²) in [7, 11) is 1.68. The number of hydrogen-bond donors (Lipinski definition) is 0. The summed E-state index contributed by atoms with van der Waals surface area (Å²) in [6.07, 6.45) is 4.21. The van der Waals surface area contributed by atoms with Gasteiger partial charge in [-0.1, -0.05) is 11.8 Å². The van der Waals surface area contributed by atoms with Crippen molar-refractivity contribution >= 4 is 11.6 Å². The Morgan fingerprint density at radius 2 is 2.11 bits per heavy atom. The highest BCUT2D eigenvalue weighted by atomic mass is 35.5. The third-order valence-electron chi connectivity index (χ3n) is 2.15. The van der Waals surface area contributed by atoms with Gasteiger partial charge in [-0.2, -0.15) is 0 Å². The highest BCUT2D eigenvalue weighted by Gasteiger charge is 1.96. The van der Waals surface area contributed by atoms with Gasteiger partial charge in [0.05, 0.1) is 18.7 Å². The van der Waals surface area contributed by atoms with Crippen LogP contribution in [-0.4, -0.2) is 44.4 Å². The number of methoxy groups -OCH3 is 1.